The monoisotopic (exact) mass is 315 g/mol. The zero-order valence-electron chi connectivity index (χ0n) is 13.9. The average Bonchev–Trinajstić information content (AvgIpc) is 2.90. The van der Waals surface area contributed by atoms with Crippen LogP contribution in [0.15, 0.2) is 23.3 Å². The van der Waals surface area contributed by atoms with Gasteiger partial charge in [-0.2, -0.15) is 0 Å². The van der Waals surface area contributed by atoms with E-state index in [1.165, 1.54) is 0 Å². The highest BCUT2D eigenvalue weighted by atomic mass is 16.1. The molecule has 2 aliphatic rings. The number of carbonyl (C=O) groups excluding carboxylic acids is 1. The lowest BCUT2D eigenvalue weighted by Crippen LogP contribution is -2.51. The molecule has 1 aromatic rings. The first-order valence-corrected chi connectivity index (χ1v) is 8.24. The van der Waals surface area contributed by atoms with Crippen molar-refractivity contribution in [1.82, 2.24) is 20.5 Å². The standard InChI is InChI=1S/C17H25N5O/c1-13-4-5-14(9-19-13)10-20-16(18-2)22-7-3-6-17(12-22)8-15(23)21-11-17/h4-5,9H,3,6-8,10-12H2,1-2H3,(H,18,20)(H,21,23). The van der Waals surface area contributed by atoms with Crippen LogP contribution in [-0.2, 0) is 11.3 Å². The summed E-state index contributed by atoms with van der Waals surface area (Å²) in [5.74, 6) is 1.09. The van der Waals surface area contributed by atoms with Crippen LogP contribution in [0, 0.1) is 12.3 Å². The highest BCUT2D eigenvalue weighted by Crippen LogP contribution is 2.35. The molecule has 1 aromatic heterocycles. The SMILES string of the molecule is CN=C(NCc1ccc(C)nc1)N1CCCC2(CNC(=O)C2)C1. The number of guanidine groups is 1. The molecular weight excluding hydrogens is 290 g/mol. The number of carbonyl (C=O) groups is 1. The van der Waals surface area contributed by atoms with Crippen LogP contribution in [0.2, 0.25) is 0 Å². The Morgan fingerprint density at radius 1 is 1.52 bits per heavy atom. The van der Waals surface area contributed by atoms with Gasteiger partial charge in [0.2, 0.25) is 5.91 Å². The van der Waals surface area contributed by atoms with E-state index >= 15 is 0 Å². The van der Waals surface area contributed by atoms with Gasteiger partial charge < -0.3 is 15.5 Å². The summed E-state index contributed by atoms with van der Waals surface area (Å²) in [6, 6.07) is 4.10. The fraction of sp³-hybridized carbons (Fsp3) is 0.588. The Balaban J connectivity index is 1.61. The Bertz CT molecular complexity index is 598. The Morgan fingerprint density at radius 2 is 2.39 bits per heavy atom. The summed E-state index contributed by atoms with van der Waals surface area (Å²) in [7, 11) is 1.81. The minimum Gasteiger partial charge on any atom is -0.355 e. The smallest absolute Gasteiger partial charge is 0.220 e. The van der Waals surface area contributed by atoms with Crippen molar-refractivity contribution in [3.8, 4) is 0 Å². The summed E-state index contributed by atoms with van der Waals surface area (Å²) in [4.78, 5) is 22.6. The molecule has 6 heteroatoms. The number of likely N-dealkylation sites (tertiary alicyclic amines) is 1. The Morgan fingerprint density at radius 3 is 3.04 bits per heavy atom. The summed E-state index contributed by atoms with van der Waals surface area (Å²) in [6.45, 7) is 5.36. The molecule has 6 nitrogen and oxygen atoms in total. The number of rotatable bonds is 2. The largest absolute Gasteiger partial charge is 0.355 e. The van der Waals surface area contributed by atoms with Gasteiger partial charge in [-0.1, -0.05) is 6.07 Å². The highest BCUT2D eigenvalue weighted by Gasteiger charge is 2.42. The first-order chi connectivity index (χ1) is 11.1. The van der Waals surface area contributed by atoms with Crippen molar-refractivity contribution in [2.24, 2.45) is 10.4 Å². The Labute approximate surface area is 137 Å². The van der Waals surface area contributed by atoms with Gasteiger partial charge in [-0.25, -0.2) is 0 Å². The molecule has 1 spiro atoms. The fourth-order valence-corrected chi connectivity index (χ4v) is 3.55. The topological polar surface area (TPSA) is 69.6 Å². The third-order valence-electron chi connectivity index (χ3n) is 4.79. The van der Waals surface area contributed by atoms with Crippen molar-refractivity contribution in [1.29, 1.82) is 0 Å². The molecule has 1 atom stereocenters. The molecule has 0 bridgehead atoms. The first-order valence-electron chi connectivity index (χ1n) is 8.24. The Hall–Kier alpha value is -2.11. The molecule has 2 saturated heterocycles. The predicted octanol–water partition coefficient (Wildman–Crippen LogP) is 1.07. The molecule has 124 valence electrons. The maximum absolute atomic E-state index is 11.6. The van der Waals surface area contributed by atoms with Gasteiger partial charge >= 0.3 is 0 Å². The van der Waals surface area contributed by atoms with Gasteiger partial charge in [-0.15, -0.1) is 0 Å². The number of aliphatic imine (C=N–C) groups is 1. The van der Waals surface area contributed by atoms with Gasteiger partial charge in [-0.05, 0) is 31.4 Å². The lowest BCUT2D eigenvalue weighted by atomic mass is 9.79. The molecule has 1 amide bonds. The number of piperidine rings is 1. The molecular formula is C17H25N5O. The summed E-state index contributed by atoms with van der Waals surface area (Å²) in [6.07, 6.45) is 4.75. The molecule has 2 N–H and O–H groups in total. The molecule has 0 aromatic carbocycles. The van der Waals surface area contributed by atoms with Gasteiger partial charge in [-0.3, -0.25) is 14.8 Å². The first kappa shape index (κ1) is 15.8. The molecule has 2 aliphatic heterocycles. The minimum absolute atomic E-state index is 0.0817. The van der Waals surface area contributed by atoms with Gasteiger partial charge in [0.1, 0.15) is 0 Å². The summed E-state index contributed by atoms with van der Waals surface area (Å²) in [5.41, 5.74) is 2.24. The van der Waals surface area contributed by atoms with Crippen LogP contribution in [0.4, 0.5) is 0 Å². The van der Waals surface area contributed by atoms with E-state index in [1.807, 2.05) is 26.2 Å². The normalized spacial score (nSPS) is 24.9. The van der Waals surface area contributed by atoms with Crippen LogP contribution in [0.1, 0.15) is 30.5 Å². The van der Waals surface area contributed by atoms with Crippen LogP contribution in [-0.4, -0.2) is 48.4 Å². The lowest BCUT2D eigenvalue weighted by molar-refractivity contribution is -0.119. The number of amides is 1. The second kappa shape index (κ2) is 6.56. The van der Waals surface area contributed by atoms with Crippen LogP contribution in [0.5, 0.6) is 0 Å². The molecule has 2 fully saturated rings. The van der Waals surface area contributed by atoms with E-state index in [0.29, 0.717) is 13.0 Å². The molecule has 3 rings (SSSR count). The quantitative estimate of drug-likeness (QED) is 0.633. The van der Waals surface area contributed by atoms with Crippen molar-refractivity contribution in [2.75, 3.05) is 26.7 Å². The van der Waals surface area contributed by atoms with E-state index in [4.69, 9.17) is 0 Å². The van der Waals surface area contributed by atoms with Crippen molar-refractivity contribution >= 4 is 11.9 Å². The second-order valence-electron chi connectivity index (χ2n) is 6.69. The average molecular weight is 315 g/mol. The third-order valence-corrected chi connectivity index (χ3v) is 4.79. The molecule has 0 radical (unpaired) electrons. The number of nitrogens with one attached hydrogen (secondary N) is 2. The van der Waals surface area contributed by atoms with Crippen LogP contribution < -0.4 is 10.6 Å². The third kappa shape index (κ3) is 3.63. The number of pyridine rings is 1. The molecule has 3 heterocycles. The van der Waals surface area contributed by atoms with Crippen LogP contribution in [0.3, 0.4) is 0 Å². The Kier molecular flexibility index (Phi) is 4.50. The van der Waals surface area contributed by atoms with Crippen molar-refractivity contribution < 1.29 is 4.79 Å². The van der Waals surface area contributed by atoms with E-state index in [2.05, 4.69) is 31.6 Å². The van der Waals surface area contributed by atoms with E-state index in [-0.39, 0.29) is 11.3 Å². The van der Waals surface area contributed by atoms with E-state index in [9.17, 15) is 4.79 Å². The number of aryl methyl sites for hydroxylation is 1. The van der Waals surface area contributed by atoms with Crippen molar-refractivity contribution in [3.05, 3.63) is 29.6 Å². The lowest BCUT2D eigenvalue weighted by Gasteiger charge is -2.40. The molecule has 0 aliphatic carbocycles. The summed E-state index contributed by atoms with van der Waals surface area (Å²) in [5, 5.41) is 6.41. The number of aromatic nitrogens is 1. The molecule has 1 unspecified atom stereocenters. The van der Waals surface area contributed by atoms with Gasteiger partial charge in [0.15, 0.2) is 5.96 Å². The van der Waals surface area contributed by atoms with Crippen molar-refractivity contribution in [2.45, 2.75) is 32.7 Å². The number of hydrogen-bond acceptors (Lipinski definition) is 3. The van der Waals surface area contributed by atoms with Gasteiger partial charge in [0, 0.05) is 57.0 Å². The van der Waals surface area contributed by atoms with Crippen LogP contribution in [0.25, 0.3) is 0 Å². The van der Waals surface area contributed by atoms with Crippen LogP contribution >= 0.6 is 0 Å². The number of nitrogens with zero attached hydrogens (tertiary/aromatic N) is 3. The fourth-order valence-electron chi connectivity index (χ4n) is 3.55. The molecule has 0 saturated carbocycles. The highest BCUT2D eigenvalue weighted by molar-refractivity contribution is 5.81. The van der Waals surface area contributed by atoms with E-state index in [0.717, 1.165) is 49.7 Å². The molecule has 23 heavy (non-hydrogen) atoms. The maximum Gasteiger partial charge on any atom is 0.220 e. The summed E-state index contributed by atoms with van der Waals surface area (Å²) >= 11 is 0. The predicted molar refractivity (Wildman–Crippen MR) is 90.0 cm³/mol. The zero-order chi connectivity index (χ0) is 16.3. The van der Waals surface area contributed by atoms with Crippen molar-refractivity contribution in [3.63, 3.8) is 0 Å². The minimum atomic E-state index is 0.0817. The van der Waals surface area contributed by atoms with E-state index in [1.54, 1.807) is 0 Å². The number of hydrogen-bond donors (Lipinski definition) is 2. The van der Waals surface area contributed by atoms with Gasteiger partial charge in [0.05, 0.1) is 0 Å². The summed E-state index contributed by atoms with van der Waals surface area (Å²) < 4.78 is 0. The maximum atomic E-state index is 11.6. The zero-order valence-corrected chi connectivity index (χ0v) is 13.9. The van der Waals surface area contributed by atoms with Gasteiger partial charge in [0.25, 0.3) is 0 Å². The second-order valence-corrected chi connectivity index (χ2v) is 6.69. The van der Waals surface area contributed by atoms with E-state index < -0.39 is 0 Å².